The molecule has 0 aliphatic rings. The molecule has 0 radical (unpaired) electrons. The number of carbonyl (C=O) groups is 1. The van der Waals surface area contributed by atoms with E-state index in [1.165, 1.54) is 6.33 Å². The average molecular weight is 339 g/mol. The van der Waals surface area contributed by atoms with Crippen molar-refractivity contribution in [1.29, 1.82) is 0 Å². The maximum Gasteiger partial charge on any atom is 0.254 e. The van der Waals surface area contributed by atoms with E-state index in [9.17, 15) is 4.79 Å². The van der Waals surface area contributed by atoms with Gasteiger partial charge in [-0.25, -0.2) is 4.98 Å². The van der Waals surface area contributed by atoms with Crippen molar-refractivity contribution in [3.63, 3.8) is 0 Å². The molecule has 1 atom stereocenters. The highest BCUT2D eigenvalue weighted by atomic mass is 16.2. The Labute approximate surface area is 145 Å². The van der Waals surface area contributed by atoms with E-state index in [4.69, 9.17) is 0 Å². The van der Waals surface area contributed by atoms with E-state index in [1.807, 2.05) is 31.2 Å². The monoisotopic (exact) mass is 339 g/mol. The molecule has 0 fully saturated rings. The fourth-order valence-corrected chi connectivity index (χ4v) is 2.42. The molecule has 3 aromatic rings. The molecule has 0 spiro atoms. The van der Waals surface area contributed by atoms with Gasteiger partial charge in [-0.05, 0) is 25.0 Å². The van der Waals surface area contributed by atoms with E-state index >= 15 is 0 Å². The Balaban J connectivity index is 1.68. The van der Waals surface area contributed by atoms with Crippen LogP contribution in [0.2, 0.25) is 0 Å². The van der Waals surface area contributed by atoms with Crippen LogP contribution >= 0.6 is 0 Å². The topological polar surface area (TPSA) is 97.1 Å². The highest BCUT2D eigenvalue weighted by Crippen LogP contribution is 2.17. The maximum atomic E-state index is 12.2. The lowest BCUT2D eigenvalue weighted by Gasteiger charge is -2.15. The van der Waals surface area contributed by atoms with Gasteiger partial charge < -0.3 is 10.6 Å². The summed E-state index contributed by atoms with van der Waals surface area (Å²) < 4.78 is 1.58. The molecule has 3 aromatic heterocycles. The number of rotatable bonds is 6. The SMILES string of the molecule is CC(C)c1cc(NCC(=O)NC(C)c2ccccn2)n2ncnc2n1. The first-order valence-corrected chi connectivity index (χ1v) is 8.19. The zero-order valence-corrected chi connectivity index (χ0v) is 14.5. The van der Waals surface area contributed by atoms with Gasteiger partial charge in [0.2, 0.25) is 5.91 Å². The van der Waals surface area contributed by atoms with Crippen molar-refractivity contribution in [1.82, 2.24) is 29.9 Å². The summed E-state index contributed by atoms with van der Waals surface area (Å²) in [6.07, 6.45) is 3.16. The summed E-state index contributed by atoms with van der Waals surface area (Å²) >= 11 is 0. The number of nitrogens with zero attached hydrogens (tertiary/aromatic N) is 5. The molecular weight excluding hydrogens is 318 g/mol. The van der Waals surface area contributed by atoms with E-state index in [-0.39, 0.29) is 24.4 Å². The van der Waals surface area contributed by atoms with Crippen molar-refractivity contribution in [3.8, 4) is 0 Å². The summed E-state index contributed by atoms with van der Waals surface area (Å²) in [6.45, 7) is 6.13. The van der Waals surface area contributed by atoms with Gasteiger partial charge in [0.25, 0.3) is 5.78 Å². The Bertz CT molecular complexity index is 860. The molecule has 0 aliphatic heterocycles. The third kappa shape index (κ3) is 3.90. The smallest absolute Gasteiger partial charge is 0.254 e. The van der Waals surface area contributed by atoms with E-state index in [0.29, 0.717) is 11.6 Å². The molecule has 25 heavy (non-hydrogen) atoms. The van der Waals surface area contributed by atoms with Crippen molar-refractivity contribution in [2.45, 2.75) is 32.7 Å². The number of pyridine rings is 1. The fraction of sp³-hybridized carbons (Fsp3) is 0.353. The van der Waals surface area contributed by atoms with Gasteiger partial charge in [0.15, 0.2) is 0 Å². The zero-order valence-electron chi connectivity index (χ0n) is 14.5. The summed E-state index contributed by atoms with van der Waals surface area (Å²) in [4.78, 5) is 25.1. The van der Waals surface area contributed by atoms with Crippen LogP contribution in [-0.4, -0.2) is 37.0 Å². The Morgan fingerprint density at radius 3 is 2.76 bits per heavy atom. The second kappa shape index (κ2) is 7.25. The molecule has 0 bridgehead atoms. The van der Waals surface area contributed by atoms with E-state index in [2.05, 4.69) is 44.5 Å². The molecule has 3 rings (SSSR count). The molecule has 0 saturated carbocycles. The Hall–Kier alpha value is -3.03. The third-order valence-corrected chi connectivity index (χ3v) is 3.80. The Morgan fingerprint density at radius 2 is 2.04 bits per heavy atom. The van der Waals surface area contributed by atoms with Crippen LogP contribution in [0.1, 0.15) is 44.1 Å². The van der Waals surface area contributed by atoms with Crippen molar-refractivity contribution >= 4 is 17.5 Å². The van der Waals surface area contributed by atoms with Crippen LogP contribution < -0.4 is 10.6 Å². The highest BCUT2D eigenvalue weighted by Gasteiger charge is 2.13. The standard InChI is InChI=1S/C17H21N7O/c1-11(2)14-8-15(24-17(23-14)20-10-21-24)19-9-16(25)22-12(3)13-6-4-5-7-18-13/h4-8,10-12,19H,9H2,1-3H3,(H,22,25). The van der Waals surface area contributed by atoms with E-state index < -0.39 is 0 Å². The predicted octanol–water partition coefficient (Wildman–Crippen LogP) is 1.93. The molecular formula is C17H21N7O. The van der Waals surface area contributed by atoms with Gasteiger partial charge in [-0.3, -0.25) is 9.78 Å². The van der Waals surface area contributed by atoms with Crippen molar-refractivity contribution in [3.05, 3.63) is 48.2 Å². The maximum absolute atomic E-state index is 12.2. The minimum absolute atomic E-state index is 0.119. The number of carbonyl (C=O) groups excluding carboxylic acids is 1. The van der Waals surface area contributed by atoms with Crippen molar-refractivity contribution < 1.29 is 4.79 Å². The summed E-state index contributed by atoms with van der Waals surface area (Å²) in [5.41, 5.74) is 1.71. The summed E-state index contributed by atoms with van der Waals surface area (Å²) in [7, 11) is 0. The molecule has 8 heteroatoms. The highest BCUT2D eigenvalue weighted by molar-refractivity contribution is 5.80. The van der Waals surface area contributed by atoms with Crippen molar-refractivity contribution in [2.75, 3.05) is 11.9 Å². The first-order chi connectivity index (χ1) is 12.0. The summed E-state index contributed by atoms with van der Waals surface area (Å²) in [5.74, 6) is 1.32. The minimum Gasteiger partial charge on any atom is -0.361 e. The summed E-state index contributed by atoms with van der Waals surface area (Å²) in [5, 5.41) is 10.2. The first-order valence-electron chi connectivity index (χ1n) is 8.19. The molecule has 0 aromatic carbocycles. The number of hydrogen-bond acceptors (Lipinski definition) is 6. The lowest BCUT2D eigenvalue weighted by Crippen LogP contribution is -2.32. The summed E-state index contributed by atoms with van der Waals surface area (Å²) in [6, 6.07) is 7.36. The third-order valence-electron chi connectivity index (χ3n) is 3.80. The largest absolute Gasteiger partial charge is 0.361 e. The second-order valence-electron chi connectivity index (χ2n) is 6.09. The molecule has 130 valence electrons. The van der Waals surface area contributed by atoms with Gasteiger partial charge in [-0.1, -0.05) is 19.9 Å². The van der Waals surface area contributed by atoms with Gasteiger partial charge in [-0.2, -0.15) is 14.6 Å². The van der Waals surface area contributed by atoms with Crippen LogP contribution in [0.3, 0.4) is 0 Å². The average Bonchev–Trinajstić information content (AvgIpc) is 3.09. The van der Waals surface area contributed by atoms with E-state index in [1.54, 1.807) is 10.7 Å². The molecule has 0 saturated heterocycles. The first kappa shape index (κ1) is 16.8. The molecule has 8 nitrogen and oxygen atoms in total. The number of nitrogens with one attached hydrogen (secondary N) is 2. The van der Waals surface area contributed by atoms with Crippen LogP contribution in [0.4, 0.5) is 5.82 Å². The second-order valence-corrected chi connectivity index (χ2v) is 6.09. The predicted molar refractivity (Wildman–Crippen MR) is 94.2 cm³/mol. The molecule has 3 heterocycles. The Kier molecular flexibility index (Phi) is 4.87. The molecule has 0 aliphatic carbocycles. The number of amides is 1. The number of hydrogen-bond donors (Lipinski definition) is 2. The normalized spacial score (nSPS) is 12.3. The molecule has 1 amide bonds. The van der Waals surface area contributed by atoms with Crippen LogP contribution in [0.5, 0.6) is 0 Å². The quantitative estimate of drug-likeness (QED) is 0.712. The fourth-order valence-electron chi connectivity index (χ4n) is 2.42. The van der Waals surface area contributed by atoms with Crippen LogP contribution in [0.15, 0.2) is 36.8 Å². The van der Waals surface area contributed by atoms with E-state index in [0.717, 1.165) is 11.4 Å². The number of fused-ring (bicyclic) bond motifs is 1. The molecule has 1 unspecified atom stereocenters. The lowest BCUT2D eigenvalue weighted by atomic mass is 10.1. The number of anilines is 1. The van der Waals surface area contributed by atoms with Gasteiger partial charge >= 0.3 is 0 Å². The van der Waals surface area contributed by atoms with Gasteiger partial charge in [0.05, 0.1) is 24.0 Å². The lowest BCUT2D eigenvalue weighted by molar-refractivity contribution is -0.120. The minimum atomic E-state index is -0.162. The number of aromatic nitrogens is 5. The molecule has 2 N–H and O–H groups in total. The van der Waals surface area contributed by atoms with Crippen molar-refractivity contribution in [2.24, 2.45) is 0 Å². The zero-order chi connectivity index (χ0) is 17.8. The van der Waals surface area contributed by atoms with Gasteiger partial charge in [0, 0.05) is 12.3 Å². The Morgan fingerprint density at radius 1 is 1.20 bits per heavy atom. The van der Waals surface area contributed by atoms with Crippen LogP contribution in [0.25, 0.3) is 5.78 Å². The van der Waals surface area contributed by atoms with Gasteiger partial charge in [-0.15, -0.1) is 0 Å². The van der Waals surface area contributed by atoms with Crippen LogP contribution in [-0.2, 0) is 4.79 Å². The van der Waals surface area contributed by atoms with Gasteiger partial charge in [0.1, 0.15) is 12.1 Å². The van der Waals surface area contributed by atoms with Crippen LogP contribution in [0, 0.1) is 0 Å².